The normalized spacial score (nSPS) is 11.2. The van der Waals surface area contributed by atoms with E-state index >= 15 is 0 Å². The summed E-state index contributed by atoms with van der Waals surface area (Å²) in [5, 5.41) is 8.77. The second kappa shape index (κ2) is 8.02. The lowest BCUT2D eigenvalue weighted by Crippen LogP contribution is -2.05. The van der Waals surface area contributed by atoms with Crippen LogP contribution in [0.2, 0.25) is 0 Å². The molecule has 0 atom stereocenters. The minimum Gasteiger partial charge on any atom is -0.343 e. The number of aryl methyl sites for hydroxylation is 2. The number of fused-ring (bicyclic) bond motifs is 1. The van der Waals surface area contributed by atoms with Crippen LogP contribution < -0.4 is 0 Å². The number of para-hydroxylation sites is 1. The van der Waals surface area contributed by atoms with Crippen LogP contribution >= 0.6 is 11.8 Å². The Bertz CT molecular complexity index is 1110. The van der Waals surface area contributed by atoms with Gasteiger partial charge in [-0.2, -0.15) is 0 Å². The summed E-state index contributed by atoms with van der Waals surface area (Å²) in [7, 11) is 2.01. The molecule has 0 aliphatic carbocycles. The van der Waals surface area contributed by atoms with Crippen LogP contribution in [0.1, 0.15) is 29.5 Å². The van der Waals surface area contributed by atoms with Gasteiger partial charge in [0.15, 0.2) is 5.78 Å². The van der Waals surface area contributed by atoms with Gasteiger partial charge in [0.25, 0.3) is 0 Å². The number of rotatable bonds is 7. The third kappa shape index (κ3) is 3.47. The van der Waals surface area contributed by atoms with Crippen LogP contribution in [0.15, 0.2) is 59.8 Å². The Morgan fingerprint density at radius 2 is 1.86 bits per heavy atom. The zero-order chi connectivity index (χ0) is 19.5. The van der Waals surface area contributed by atoms with Crippen molar-refractivity contribution in [3.8, 4) is 11.3 Å². The van der Waals surface area contributed by atoms with Crippen LogP contribution in [0.25, 0.3) is 22.2 Å². The molecule has 2 aromatic carbocycles. The summed E-state index contributed by atoms with van der Waals surface area (Å²) in [5.41, 5.74) is 3.81. The highest BCUT2D eigenvalue weighted by Gasteiger charge is 2.22. The van der Waals surface area contributed by atoms with Crippen LogP contribution in [0.4, 0.5) is 0 Å². The van der Waals surface area contributed by atoms with Gasteiger partial charge in [-0.3, -0.25) is 9.89 Å². The summed E-state index contributed by atoms with van der Waals surface area (Å²) < 4.78 is 2.11. The summed E-state index contributed by atoms with van der Waals surface area (Å²) in [5.74, 6) is 1.26. The number of nitrogens with one attached hydrogen (secondary N) is 1. The number of carbonyl (C=O) groups excluding carboxylic acids is 1. The standard InChI is InChI=1S/C22H22N4OS/c1-3-9-19-23-22(25-24-19)28-14-18(27)20-16-12-7-8-13-17(16)26(2)21(20)15-10-5-4-6-11-15/h4-8,10-13H,3,9,14H2,1-2H3,(H,23,24,25). The molecule has 2 aromatic heterocycles. The summed E-state index contributed by atoms with van der Waals surface area (Å²) in [6, 6.07) is 18.1. The molecule has 0 amide bonds. The van der Waals surface area contributed by atoms with E-state index in [0.717, 1.165) is 46.4 Å². The Morgan fingerprint density at radius 3 is 2.64 bits per heavy atom. The lowest BCUT2D eigenvalue weighted by Gasteiger charge is -2.07. The maximum absolute atomic E-state index is 13.3. The Kier molecular flexibility index (Phi) is 5.30. The molecule has 0 unspecified atom stereocenters. The Hall–Kier alpha value is -2.86. The molecule has 0 bridgehead atoms. The second-order valence-electron chi connectivity index (χ2n) is 6.69. The summed E-state index contributed by atoms with van der Waals surface area (Å²) in [6.45, 7) is 2.10. The van der Waals surface area contributed by atoms with Crippen molar-refractivity contribution >= 4 is 28.4 Å². The molecule has 0 fully saturated rings. The monoisotopic (exact) mass is 390 g/mol. The number of Topliss-reactive ketones (excluding diaryl/α,β-unsaturated/α-hetero) is 1. The molecule has 0 spiro atoms. The van der Waals surface area contributed by atoms with Crippen molar-refractivity contribution in [3.05, 3.63) is 66.0 Å². The molecule has 0 radical (unpaired) electrons. The van der Waals surface area contributed by atoms with Gasteiger partial charge in [-0.15, -0.1) is 5.10 Å². The van der Waals surface area contributed by atoms with Gasteiger partial charge in [-0.1, -0.05) is 67.2 Å². The quantitative estimate of drug-likeness (QED) is 0.360. The van der Waals surface area contributed by atoms with Gasteiger partial charge in [0.05, 0.1) is 17.0 Å². The number of aromatic nitrogens is 4. The van der Waals surface area contributed by atoms with Crippen molar-refractivity contribution in [2.75, 3.05) is 5.75 Å². The maximum atomic E-state index is 13.3. The third-order valence-corrected chi connectivity index (χ3v) is 5.61. The predicted octanol–water partition coefficient (Wildman–Crippen LogP) is 4.89. The number of ketones is 1. The Labute approximate surface area is 168 Å². The molecule has 6 heteroatoms. The fourth-order valence-electron chi connectivity index (χ4n) is 3.50. The van der Waals surface area contributed by atoms with Crippen LogP contribution in [0, 0.1) is 0 Å². The zero-order valence-electron chi connectivity index (χ0n) is 16.0. The van der Waals surface area contributed by atoms with Crippen molar-refractivity contribution in [1.82, 2.24) is 19.7 Å². The topological polar surface area (TPSA) is 63.6 Å². The molecule has 4 aromatic rings. The van der Waals surface area contributed by atoms with E-state index in [0.29, 0.717) is 10.9 Å². The molecule has 0 aliphatic rings. The first-order valence-electron chi connectivity index (χ1n) is 9.39. The molecular formula is C22H22N4OS. The molecule has 1 N–H and O–H groups in total. The first-order valence-corrected chi connectivity index (χ1v) is 10.4. The van der Waals surface area contributed by atoms with Crippen molar-refractivity contribution in [3.63, 3.8) is 0 Å². The minimum absolute atomic E-state index is 0.0856. The van der Waals surface area contributed by atoms with E-state index in [2.05, 4.69) is 32.7 Å². The van der Waals surface area contributed by atoms with E-state index in [1.807, 2.05) is 55.6 Å². The third-order valence-electron chi connectivity index (χ3n) is 4.76. The Morgan fingerprint density at radius 1 is 1.11 bits per heavy atom. The molecule has 5 nitrogen and oxygen atoms in total. The van der Waals surface area contributed by atoms with Crippen molar-refractivity contribution in [2.45, 2.75) is 24.9 Å². The molecule has 4 rings (SSSR count). The van der Waals surface area contributed by atoms with E-state index in [1.165, 1.54) is 11.8 Å². The highest BCUT2D eigenvalue weighted by Crippen LogP contribution is 2.34. The average Bonchev–Trinajstić information content (AvgIpc) is 3.30. The molecule has 0 saturated heterocycles. The van der Waals surface area contributed by atoms with Gasteiger partial charge in [-0.25, -0.2) is 4.98 Å². The molecule has 0 aliphatic heterocycles. The van der Waals surface area contributed by atoms with Crippen LogP contribution in [0.3, 0.4) is 0 Å². The van der Waals surface area contributed by atoms with Gasteiger partial charge in [0.2, 0.25) is 5.16 Å². The molecular weight excluding hydrogens is 368 g/mol. The number of benzene rings is 2. The van der Waals surface area contributed by atoms with Gasteiger partial charge in [-0.05, 0) is 18.1 Å². The number of aromatic amines is 1. The second-order valence-corrected chi connectivity index (χ2v) is 7.63. The van der Waals surface area contributed by atoms with Crippen molar-refractivity contribution in [1.29, 1.82) is 0 Å². The van der Waals surface area contributed by atoms with Crippen LogP contribution in [-0.2, 0) is 13.5 Å². The highest BCUT2D eigenvalue weighted by molar-refractivity contribution is 7.99. The fraction of sp³-hybridized carbons (Fsp3) is 0.227. The molecule has 0 saturated carbocycles. The van der Waals surface area contributed by atoms with Crippen LogP contribution in [-0.4, -0.2) is 31.3 Å². The SMILES string of the molecule is CCCc1nc(SCC(=O)c2c(-c3ccccc3)n(C)c3ccccc23)n[nH]1. The molecule has 2 heterocycles. The molecule has 28 heavy (non-hydrogen) atoms. The number of nitrogens with zero attached hydrogens (tertiary/aromatic N) is 3. The minimum atomic E-state index is 0.0856. The number of thioether (sulfide) groups is 1. The number of hydrogen-bond acceptors (Lipinski definition) is 4. The first kappa shape index (κ1) is 18.5. The van der Waals surface area contributed by atoms with E-state index in [4.69, 9.17) is 0 Å². The largest absolute Gasteiger partial charge is 0.343 e. The maximum Gasteiger partial charge on any atom is 0.208 e. The molecule has 142 valence electrons. The summed E-state index contributed by atoms with van der Waals surface area (Å²) in [6.07, 6.45) is 1.87. The smallest absolute Gasteiger partial charge is 0.208 e. The van der Waals surface area contributed by atoms with E-state index in [1.54, 1.807) is 0 Å². The summed E-state index contributed by atoms with van der Waals surface area (Å²) in [4.78, 5) is 17.7. The number of hydrogen-bond donors (Lipinski definition) is 1. The fourth-order valence-corrected chi connectivity index (χ4v) is 4.19. The van der Waals surface area contributed by atoms with E-state index in [9.17, 15) is 4.79 Å². The van der Waals surface area contributed by atoms with Crippen molar-refractivity contribution in [2.24, 2.45) is 7.05 Å². The average molecular weight is 391 g/mol. The Balaban J connectivity index is 1.69. The zero-order valence-corrected chi connectivity index (χ0v) is 16.8. The van der Waals surface area contributed by atoms with Crippen molar-refractivity contribution < 1.29 is 4.79 Å². The van der Waals surface area contributed by atoms with Gasteiger partial charge in [0, 0.05) is 24.4 Å². The lowest BCUT2D eigenvalue weighted by molar-refractivity contribution is 0.102. The number of carbonyl (C=O) groups is 1. The van der Waals surface area contributed by atoms with Gasteiger partial charge < -0.3 is 4.57 Å². The van der Waals surface area contributed by atoms with E-state index < -0.39 is 0 Å². The van der Waals surface area contributed by atoms with Gasteiger partial charge >= 0.3 is 0 Å². The van der Waals surface area contributed by atoms with E-state index in [-0.39, 0.29) is 5.78 Å². The highest BCUT2D eigenvalue weighted by atomic mass is 32.2. The summed E-state index contributed by atoms with van der Waals surface area (Å²) >= 11 is 1.38. The lowest BCUT2D eigenvalue weighted by atomic mass is 10.0. The predicted molar refractivity (Wildman–Crippen MR) is 114 cm³/mol. The first-order chi connectivity index (χ1) is 13.7. The van der Waals surface area contributed by atoms with Gasteiger partial charge in [0.1, 0.15) is 5.82 Å². The number of H-pyrrole nitrogens is 1. The van der Waals surface area contributed by atoms with Crippen LogP contribution in [0.5, 0.6) is 0 Å².